The Hall–Kier alpha value is -4.89. The number of nitrogens with zero attached hydrogens (tertiary/aromatic N) is 2. The lowest BCUT2D eigenvalue weighted by atomic mass is 10.1. The smallest absolute Gasteiger partial charge is 0.273 e. The molecule has 9 heteroatoms. The van der Waals surface area contributed by atoms with Gasteiger partial charge in [-0.3, -0.25) is 9.10 Å². The van der Waals surface area contributed by atoms with E-state index in [4.69, 9.17) is 9.47 Å². The first kappa shape index (κ1) is 28.1. The highest BCUT2D eigenvalue weighted by Gasteiger charge is 2.28. The summed E-state index contributed by atoms with van der Waals surface area (Å²) in [6.45, 7) is 4.02. The fraction of sp³-hybridized carbons (Fsp3) is 0.0968. The van der Waals surface area contributed by atoms with E-state index >= 15 is 0 Å². The third-order valence-electron chi connectivity index (χ3n) is 5.84. The summed E-state index contributed by atoms with van der Waals surface area (Å²) in [5.74, 6) is 0.610. The maximum atomic E-state index is 13.9. The van der Waals surface area contributed by atoms with E-state index in [9.17, 15) is 13.2 Å². The van der Waals surface area contributed by atoms with Crippen molar-refractivity contribution in [3.63, 3.8) is 0 Å². The van der Waals surface area contributed by atoms with Crippen LogP contribution in [-0.2, 0) is 16.6 Å². The van der Waals surface area contributed by atoms with Gasteiger partial charge in [0, 0.05) is 0 Å². The Morgan fingerprint density at radius 3 is 2.38 bits per heavy atom. The highest BCUT2D eigenvalue weighted by molar-refractivity contribution is 7.92. The summed E-state index contributed by atoms with van der Waals surface area (Å²) in [7, 11) is -2.56. The zero-order valence-corrected chi connectivity index (χ0v) is 22.8. The van der Waals surface area contributed by atoms with Crippen LogP contribution in [0.15, 0.2) is 126 Å². The number of hydrogen-bond acceptors (Lipinski definition) is 6. The van der Waals surface area contributed by atoms with Gasteiger partial charge in [-0.2, -0.15) is 5.10 Å². The van der Waals surface area contributed by atoms with Gasteiger partial charge in [0.25, 0.3) is 15.9 Å². The number of nitrogens with one attached hydrogen (secondary N) is 1. The van der Waals surface area contributed by atoms with Crippen LogP contribution in [0.5, 0.6) is 11.5 Å². The van der Waals surface area contributed by atoms with Gasteiger partial charge in [-0.15, -0.1) is 0 Å². The molecule has 0 aliphatic carbocycles. The number of amides is 1. The lowest BCUT2D eigenvalue weighted by molar-refractivity contribution is 0.0955. The average molecular weight is 556 g/mol. The molecule has 4 rings (SSSR count). The first-order valence-corrected chi connectivity index (χ1v) is 13.8. The maximum absolute atomic E-state index is 13.9. The van der Waals surface area contributed by atoms with Crippen LogP contribution in [-0.4, -0.2) is 34.3 Å². The monoisotopic (exact) mass is 555 g/mol. The molecule has 0 saturated heterocycles. The van der Waals surface area contributed by atoms with Gasteiger partial charge in [-0.25, -0.2) is 13.8 Å². The van der Waals surface area contributed by atoms with Crippen molar-refractivity contribution in [3.8, 4) is 11.5 Å². The summed E-state index contributed by atoms with van der Waals surface area (Å²) >= 11 is 0. The predicted octanol–water partition coefficient (Wildman–Crippen LogP) is 5.42. The predicted molar refractivity (Wildman–Crippen MR) is 156 cm³/mol. The number of carbonyl (C=O) groups excluding carboxylic acids is 1. The molecule has 0 spiro atoms. The molecule has 0 fully saturated rings. The summed E-state index contributed by atoms with van der Waals surface area (Å²) in [6, 6.07) is 29.0. The third kappa shape index (κ3) is 6.95. The van der Waals surface area contributed by atoms with Crippen LogP contribution in [0.4, 0.5) is 5.69 Å². The molecule has 0 bridgehead atoms. The molecule has 0 saturated carbocycles. The fourth-order valence-electron chi connectivity index (χ4n) is 3.87. The Labute approximate surface area is 234 Å². The molecule has 0 aliphatic heterocycles. The Balaban J connectivity index is 1.65. The third-order valence-corrected chi connectivity index (χ3v) is 7.61. The van der Waals surface area contributed by atoms with E-state index < -0.39 is 15.9 Å². The lowest BCUT2D eigenvalue weighted by Crippen LogP contribution is -2.33. The van der Waals surface area contributed by atoms with Crippen molar-refractivity contribution in [3.05, 3.63) is 132 Å². The number of anilines is 1. The maximum Gasteiger partial charge on any atom is 0.273 e. The molecule has 0 radical (unpaired) electrons. The summed E-state index contributed by atoms with van der Waals surface area (Å²) in [5, 5.41) is 4.08. The van der Waals surface area contributed by atoms with Crippen LogP contribution in [0, 0.1) is 0 Å². The number of para-hydroxylation sites is 1. The number of methoxy groups -OCH3 is 1. The number of sulfonamides is 1. The molecule has 0 aliphatic rings. The molecular formula is C31H29N3O5S. The number of rotatable bonds is 12. The Kier molecular flexibility index (Phi) is 9.32. The minimum absolute atomic E-state index is 0.0142. The van der Waals surface area contributed by atoms with Crippen LogP contribution >= 0.6 is 0 Å². The van der Waals surface area contributed by atoms with E-state index in [1.165, 1.54) is 29.8 Å². The second-order valence-electron chi connectivity index (χ2n) is 8.56. The van der Waals surface area contributed by atoms with Gasteiger partial charge in [0.05, 0.1) is 36.0 Å². The molecule has 204 valence electrons. The highest BCUT2D eigenvalue weighted by atomic mass is 32.2. The van der Waals surface area contributed by atoms with Crippen LogP contribution in [0.2, 0.25) is 0 Å². The largest absolute Gasteiger partial charge is 0.497 e. The molecule has 4 aromatic carbocycles. The van der Waals surface area contributed by atoms with Gasteiger partial charge in [-0.05, 0) is 59.7 Å². The Morgan fingerprint density at radius 2 is 1.65 bits per heavy atom. The molecule has 0 aromatic heterocycles. The van der Waals surface area contributed by atoms with Gasteiger partial charge >= 0.3 is 0 Å². The number of hydrogen-bond donors (Lipinski definition) is 1. The second-order valence-corrected chi connectivity index (χ2v) is 10.4. The van der Waals surface area contributed by atoms with E-state index in [0.717, 1.165) is 5.56 Å². The number of hydrazone groups is 1. The summed E-state index contributed by atoms with van der Waals surface area (Å²) < 4.78 is 39.8. The normalized spacial score (nSPS) is 11.1. The van der Waals surface area contributed by atoms with Crippen LogP contribution in [0.25, 0.3) is 0 Å². The molecule has 8 nitrogen and oxygen atoms in total. The second kappa shape index (κ2) is 13.3. The number of carbonyl (C=O) groups is 1. The highest BCUT2D eigenvalue weighted by Crippen LogP contribution is 2.30. The van der Waals surface area contributed by atoms with Crippen molar-refractivity contribution in [2.45, 2.75) is 11.4 Å². The quantitative estimate of drug-likeness (QED) is 0.143. The van der Waals surface area contributed by atoms with Crippen molar-refractivity contribution >= 4 is 27.8 Å². The van der Waals surface area contributed by atoms with Crippen molar-refractivity contribution in [2.75, 3.05) is 18.0 Å². The van der Waals surface area contributed by atoms with Crippen molar-refractivity contribution in [1.82, 2.24) is 5.43 Å². The zero-order chi connectivity index (χ0) is 28.4. The number of benzene rings is 4. The molecule has 4 aromatic rings. The SMILES string of the molecule is C=CCOc1cccc(/C=N\NC(=O)c2ccccc2N(Cc2ccccc2)S(=O)(=O)c2ccc(OC)cc2)c1. The van der Waals surface area contributed by atoms with Gasteiger partial charge in [-0.1, -0.05) is 67.3 Å². The molecule has 40 heavy (non-hydrogen) atoms. The number of ether oxygens (including phenoxy) is 2. The van der Waals surface area contributed by atoms with Gasteiger partial charge in [0.15, 0.2) is 0 Å². The van der Waals surface area contributed by atoms with E-state index in [2.05, 4.69) is 17.1 Å². The summed E-state index contributed by atoms with van der Waals surface area (Å²) in [4.78, 5) is 13.3. The van der Waals surface area contributed by atoms with Crippen molar-refractivity contribution in [1.29, 1.82) is 0 Å². The van der Waals surface area contributed by atoms with Crippen molar-refractivity contribution < 1.29 is 22.7 Å². The van der Waals surface area contributed by atoms with Crippen LogP contribution < -0.4 is 19.2 Å². The van der Waals surface area contributed by atoms with Crippen LogP contribution in [0.1, 0.15) is 21.5 Å². The Bertz CT molecular complexity index is 1590. The minimum Gasteiger partial charge on any atom is -0.497 e. The average Bonchev–Trinajstić information content (AvgIpc) is 2.99. The topological polar surface area (TPSA) is 97.3 Å². The molecule has 0 heterocycles. The van der Waals surface area contributed by atoms with E-state index in [1.54, 1.807) is 54.6 Å². The molecule has 1 N–H and O–H groups in total. The first-order valence-electron chi connectivity index (χ1n) is 12.4. The zero-order valence-electron chi connectivity index (χ0n) is 21.9. The standard InChI is InChI=1S/C31H29N3O5S/c1-3-20-39-27-13-9-12-25(21-27)22-32-33-31(35)29-14-7-8-15-30(29)34(23-24-10-5-4-6-11-24)40(36,37)28-18-16-26(38-2)17-19-28/h3-19,21-22H,1,20,23H2,2H3,(H,33,35)/b32-22-. The van der Waals surface area contributed by atoms with E-state index in [-0.39, 0.29) is 22.7 Å². The lowest BCUT2D eigenvalue weighted by Gasteiger charge is -2.26. The van der Waals surface area contributed by atoms with Gasteiger partial charge < -0.3 is 9.47 Å². The Morgan fingerprint density at radius 1 is 0.925 bits per heavy atom. The van der Waals surface area contributed by atoms with Gasteiger partial charge in [0.2, 0.25) is 0 Å². The first-order chi connectivity index (χ1) is 19.4. The van der Waals surface area contributed by atoms with Crippen LogP contribution in [0.3, 0.4) is 0 Å². The van der Waals surface area contributed by atoms with Crippen molar-refractivity contribution in [2.24, 2.45) is 5.10 Å². The summed E-state index contributed by atoms with van der Waals surface area (Å²) in [5.41, 5.74) is 4.34. The fourth-order valence-corrected chi connectivity index (χ4v) is 5.34. The van der Waals surface area contributed by atoms with Gasteiger partial charge in [0.1, 0.15) is 18.1 Å². The molecular weight excluding hydrogens is 526 g/mol. The summed E-state index contributed by atoms with van der Waals surface area (Å²) in [6.07, 6.45) is 3.13. The molecule has 0 atom stereocenters. The molecule has 0 unspecified atom stereocenters. The molecule has 1 amide bonds. The minimum atomic E-state index is -4.07. The van der Waals surface area contributed by atoms with E-state index in [1.807, 2.05) is 42.5 Å². The van der Waals surface area contributed by atoms with E-state index in [0.29, 0.717) is 23.7 Å².